The van der Waals surface area contributed by atoms with Gasteiger partial charge in [0.1, 0.15) is 5.54 Å². The Hall–Kier alpha value is -0.910. The highest BCUT2D eigenvalue weighted by Crippen LogP contribution is 2.26. The molecular formula is C11H16N2O2S. The van der Waals surface area contributed by atoms with Crippen molar-refractivity contribution >= 4 is 17.2 Å². The highest BCUT2D eigenvalue weighted by molar-refractivity contribution is 7.09. The van der Waals surface area contributed by atoms with Gasteiger partial charge in [-0.1, -0.05) is 6.07 Å². The first kappa shape index (κ1) is 11.6. The normalized spacial score (nSPS) is 29.4. The Kier molecular flexibility index (Phi) is 3.28. The summed E-state index contributed by atoms with van der Waals surface area (Å²) in [4.78, 5) is 12.8. The quantitative estimate of drug-likeness (QED) is 0.821. The molecule has 5 heteroatoms. The van der Waals surface area contributed by atoms with E-state index in [-0.39, 0.29) is 12.0 Å². The Balaban J connectivity index is 2.06. The third-order valence-electron chi connectivity index (χ3n) is 3.16. The SMILES string of the molecule is CC1OCCC1(NCc1cccs1)C(N)=O. The lowest BCUT2D eigenvalue weighted by Gasteiger charge is -2.29. The Morgan fingerprint density at radius 3 is 3.12 bits per heavy atom. The number of primary amides is 1. The van der Waals surface area contributed by atoms with E-state index in [2.05, 4.69) is 5.32 Å². The van der Waals surface area contributed by atoms with Crippen molar-refractivity contribution in [3.8, 4) is 0 Å². The topological polar surface area (TPSA) is 64.3 Å². The summed E-state index contributed by atoms with van der Waals surface area (Å²) in [6.45, 7) is 3.13. The molecule has 0 aromatic carbocycles. The van der Waals surface area contributed by atoms with Crippen molar-refractivity contribution in [3.63, 3.8) is 0 Å². The van der Waals surface area contributed by atoms with Crippen LogP contribution in [-0.4, -0.2) is 24.2 Å². The molecule has 0 bridgehead atoms. The van der Waals surface area contributed by atoms with E-state index in [1.807, 2.05) is 24.4 Å². The molecule has 1 amide bonds. The van der Waals surface area contributed by atoms with E-state index in [4.69, 9.17) is 10.5 Å². The zero-order valence-electron chi connectivity index (χ0n) is 9.23. The summed E-state index contributed by atoms with van der Waals surface area (Å²) in [5.41, 5.74) is 4.78. The van der Waals surface area contributed by atoms with Crippen LogP contribution in [0.3, 0.4) is 0 Å². The van der Waals surface area contributed by atoms with Gasteiger partial charge in [0.2, 0.25) is 5.91 Å². The summed E-state index contributed by atoms with van der Waals surface area (Å²) in [6.07, 6.45) is 0.486. The smallest absolute Gasteiger partial charge is 0.240 e. The monoisotopic (exact) mass is 240 g/mol. The van der Waals surface area contributed by atoms with Crippen LogP contribution in [0, 0.1) is 0 Å². The molecular weight excluding hydrogens is 224 g/mol. The van der Waals surface area contributed by atoms with Gasteiger partial charge >= 0.3 is 0 Å². The highest BCUT2D eigenvalue weighted by Gasteiger charge is 2.46. The van der Waals surface area contributed by atoms with E-state index in [1.54, 1.807) is 11.3 Å². The average Bonchev–Trinajstić information content (AvgIpc) is 2.85. The van der Waals surface area contributed by atoms with Crippen molar-refractivity contribution in [3.05, 3.63) is 22.4 Å². The summed E-state index contributed by atoms with van der Waals surface area (Å²) in [5.74, 6) is -0.325. The number of thiophene rings is 1. The zero-order chi connectivity index (χ0) is 11.6. The first-order chi connectivity index (χ1) is 7.65. The first-order valence-electron chi connectivity index (χ1n) is 5.34. The highest BCUT2D eigenvalue weighted by atomic mass is 32.1. The molecule has 2 unspecified atom stereocenters. The Bertz CT molecular complexity index is 366. The number of ether oxygens (including phenoxy) is 1. The lowest BCUT2D eigenvalue weighted by molar-refractivity contribution is -0.126. The number of carbonyl (C=O) groups excluding carboxylic acids is 1. The van der Waals surface area contributed by atoms with Crippen molar-refractivity contribution in [2.24, 2.45) is 5.73 Å². The average molecular weight is 240 g/mol. The van der Waals surface area contributed by atoms with E-state index in [0.29, 0.717) is 19.6 Å². The molecule has 0 spiro atoms. The third kappa shape index (κ3) is 1.98. The molecule has 2 atom stereocenters. The molecule has 88 valence electrons. The maximum absolute atomic E-state index is 11.6. The van der Waals surface area contributed by atoms with Crippen LogP contribution < -0.4 is 11.1 Å². The largest absolute Gasteiger partial charge is 0.376 e. The molecule has 16 heavy (non-hydrogen) atoms. The van der Waals surface area contributed by atoms with Gasteiger partial charge in [0, 0.05) is 24.4 Å². The number of rotatable bonds is 4. The van der Waals surface area contributed by atoms with Crippen LogP contribution in [0.25, 0.3) is 0 Å². The van der Waals surface area contributed by atoms with Gasteiger partial charge in [-0.2, -0.15) is 0 Å². The molecule has 1 fully saturated rings. The minimum atomic E-state index is -0.704. The second-order valence-electron chi connectivity index (χ2n) is 4.03. The number of nitrogens with two attached hydrogens (primary N) is 1. The lowest BCUT2D eigenvalue weighted by atomic mass is 9.91. The van der Waals surface area contributed by atoms with Gasteiger partial charge in [-0.05, 0) is 18.4 Å². The van der Waals surface area contributed by atoms with Crippen molar-refractivity contribution in [1.82, 2.24) is 5.32 Å². The molecule has 1 aromatic rings. The van der Waals surface area contributed by atoms with Gasteiger partial charge < -0.3 is 10.5 Å². The predicted octanol–water partition coefficient (Wildman–Crippen LogP) is 0.871. The standard InChI is InChI=1S/C11H16N2O2S/c1-8-11(10(12)14,4-5-15-8)13-7-9-3-2-6-16-9/h2-3,6,8,13H,4-5,7H2,1H3,(H2,12,14). The van der Waals surface area contributed by atoms with Gasteiger partial charge in [-0.25, -0.2) is 0 Å². The molecule has 2 heterocycles. The molecule has 0 radical (unpaired) electrons. The molecule has 1 aliphatic rings. The zero-order valence-corrected chi connectivity index (χ0v) is 10.0. The molecule has 2 rings (SSSR count). The number of carbonyl (C=O) groups is 1. The predicted molar refractivity (Wildman–Crippen MR) is 63.1 cm³/mol. The number of hydrogen-bond donors (Lipinski definition) is 2. The minimum Gasteiger partial charge on any atom is -0.376 e. The Morgan fingerprint density at radius 1 is 1.81 bits per heavy atom. The Morgan fingerprint density at radius 2 is 2.62 bits per heavy atom. The molecule has 0 saturated carbocycles. The molecule has 4 nitrogen and oxygen atoms in total. The van der Waals surface area contributed by atoms with E-state index >= 15 is 0 Å². The minimum absolute atomic E-state index is 0.162. The fourth-order valence-corrected chi connectivity index (χ4v) is 2.69. The van der Waals surface area contributed by atoms with Gasteiger partial charge in [-0.15, -0.1) is 11.3 Å². The van der Waals surface area contributed by atoms with Crippen molar-refractivity contribution in [1.29, 1.82) is 0 Å². The fraction of sp³-hybridized carbons (Fsp3) is 0.545. The summed E-state index contributed by atoms with van der Waals surface area (Å²) >= 11 is 1.66. The van der Waals surface area contributed by atoms with Crippen LogP contribution in [0.2, 0.25) is 0 Å². The van der Waals surface area contributed by atoms with E-state index in [9.17, 15) is 4.79 Å². The second-order valence-corrected chi connectivity index (χ2v) is 5.06. The number of hydrogen-bond acceptors (Lipinski definition) is 4. The molecule has 3 N–H and O–H groups in total. The Labute approximate surface area is 98.8 Å². The van der Waals surface area contributed by atoms with Crippen molar-refractivity contribution in [2.45, 2.75) is 31.5 Å². The number of amides is 1. The van der Waals surface area contributed by atoms with E-state index in [0.717, 1.165) is 0 Å². The lowest BCUT2D eigenvalue weighted by Crippen LogP contribution is -2.59. The van der Waals surface area contributed by atoms with Crippen LogP contribution in [-0.2, 0) is 16.1 Å². The fourth-order valence-electron chi connectivity index (χ4n) is 2.04. The third-order valence-corrected chi connectivity index (χ3v) is 4.03. The van der Waals surface area contributed by atoms with Crippen LogP contribution in [0.5, 0.6) is 0 Å². The van der Waals surface area contributed by atoms with Crippen LogP contribution in [0.1, 0.15) is 18.2 Å². The molecule has 1 aliphatic heterocycles. The molecule has 1 aromatic heterocycles. The van der Waals surface area contributed by atoms with E-state index in [1.165, 1.54) is 4.88 Å². The van der Waals surface area contributed by atoms with Crippen LogP contribution in [0.4, 0.5) is 0 Å². The second kappa shape index (κ2) is 4.53. The van der Waals surface area contributed by atoms with Gasteiger partial charge in [0.05, 0.1) is 6.10 Å². The number of nitrogens with one attached hydrogen (secondary N) is 1. The van der Waals surface area contributed by atoms with E-state index < -0.39 is 5.54 Å². The summed E-state index contributed by atoms with van der Waals surface area (Å²) in [6, 6.07) is 4.03. The molecule has 0 aliphatic carbocycles. The maximum atomic E-state index is 11.6. The molecule has 1 saturated heterocycles. The van der Waals surface area contributed by atoms with Gasteiger partial charge in [0.25, 0.3) is 0 Å². The van der Waals surface area contributed by atoms with Gasteiger partial charge in [-0.3, -0.25) is 10.1 Å². The summed E-state index contributed by atoms with van der Waals surface area (Å²) in [7, 11) is 0. The van der Waals surface area contributed by atoms with Crippen LogP contribution in [0.15, 0.2) is 17.5 Å². The summed E-state index contributed by atoms with van der Waals surface area (Å²) in [5, 5.41) is 5.27. The van der Waals surface area contributed by atoms with Crippen molar-refractivity contribution in [2.75, 3.05) is 6.61 Å². The van der Waals surface area contributed by atoms with Gasteiger partial charge in [0.15, 0.2) is 0 Å². The maximum Gasteiger partial charge on any atom is 0.240 e. The van der Waals surface area contributed by atoms with Crippen LogP contribution >= 0.6 is 11.3 Å². The first-order valence-corrected chi connectivity index (χ1v) is 6.22. The summed E-state index contributed by atoms with van der Waals surface area (Å²) < 4.78 is 5.44. The van der Waals surface area contributed by atoms with Crippen molar-refractivity contribution < 1.29 is 9.53 Å².